The second-order valence-corrected chi connectivity index (χ2v) is 8.44. The van der Waals surface area contributed by atoms with Crippen molar-refractivity contribution in [2.45, 2.75) is 25.4 Å². The first-order chi connectivity index (χ1) is 17.3. The van der Waals surface area contributed by atoms with Crippen LogP contribution in [0.2, 0.25) is 0 Å². The lowest BCUT2D eigenvalue weighted by molar-refractivity contribution is -0.117. The van der Waals surface area contributed by atoms with E-state index in [1.54, 1.807) is 30.2 Å². The lowest BCUT2D eigenvalue weighted by Crippen LogP contribution is -2.51. The number of nitrogens with one attached hydrogen (secondary N) is 2. The van der Waals surface area contributed by atoms with Gasteiger partial charge in [-0.2, -0.15) is 0 Å². The number of benzene rings is 3. The number of hydrogen-bond donors (Lipinski definition) is 2. The number of halogens is 2. The number of carbonyl (C=O) groups is 2. The number of urea groups is 1. The van der Waals surface area contributed by atoms with Crippen LogP contribution in [0.1, 0.15) is 29.7 Å². The Labute approximate surface area is 208 Å². The summed E-state index contributed by atoms with van der Waals surface area (Å²) in [5.41, 5.74) is 2.50. The zero-order valence-electron chi connectivity index (χ0n) is 20.2. The zero-order chi connectivity index (χ0) is 25.8. The molecule has 0 bridgehead atoms. The van der Waals surface area contributed by atoms with Crippen LogP contribution in [0.25, 0.3) is 0 Å². The summed E-state index contributed by atoms with van der Waals surface area (Å²) < 4.78 is 38.5. The smallest absolute Gasteiger partial charge is 0.318 e. The van der Waals surface area contributed by atoms with E-state index in [1.807, 2.05) is 12.1 Å². The van der Waals surface area contributed by atoms with Gasteiger partial charge in [-0.1, -0.05) is 24.3 Å². The molecule has 36 heavy (non-hydrogen) atoms. The first-order valence-corrected chi connectivity index (χ1v) is 11.4. The Hall–Kier alpha value is -4.14. The second kappa shape index (κ2) is 10.6. The number of para-hydroxylation sites is 1. The SMILES string of the molecule is COc1cc2c(cc1OC)C(c1ccc(F)cc1)N(C(=O)N[C@H](C)C(=O)Nc1ccccc1F)CC2. The summed E-state index contributed by atoms with van der Waals surface area (Å²) in [5.74, 6) is -0.446. The molecule has 0 spiro atoms. The van der Waals surface area contributed by atoms with Gasteiger partial charge < -0.3 is 25.0 Å². The van der Waals surface area contributed by atoms with Gasteiger partial charge in [-0.15, -0.1) is 0 Å². The molecule has 0 aromatic heterocycles. The van der Waals surface area contributed by atoms with E-state index in [4.69, 9.17) is 9.47 Å². The Kier molecular flexibility index (Phi) is 7.38. The third kappa shape index (κ3) is 5.10. The molecule has 3 amide bonds. The van der Waals surface area contributed by atoms with E-state index in [0.29, 0.717) is 30.0 Å². The molecule has 3 aromatic carbocycles. The molecular weight excluding hydrogens is 468 g/mol. The van der Waals surface area contributed by atoms with E-state index in [2.05, 4.69) is 10.6 Å². The molecule has 4 rings (SSSR count). The van der Waals surface area contributed by atoms with Crippen LogP contribution in [-0.4, -0.2) is 43.6 Å². The molecule has 0 saturated carbocycles. The third-order valence-electron chi connectivity index (χ3n) is 6.19. The Morgan fingerprint density at radius 2 is 1.67 bits per heavy atom. The molecule has 1 aliphatic rings. The molecule has 1 aliphatic heterocycles. The number of methoxy groups -OCH3 is 2. The topological polar surface area (TPSA) is 79.9 Å². The van der Waals surface area contributed by atoms with Crippen molar-refractivity contribution in [3.8, 4) is 11.5 Å². The van der Waals surface area contributed by atoms with Crippen molar-refractivity contribution in [1.29, 1.82) is 0 Å². The van der Waals surface area contributed by atoms with Gasteiger partial charge in [-0.3, -0.25) is 4.79 Å². The maximum atomic E-state index is 13.9. The normalized spacial score (nSPS) is 15.5. The highest BCUT2D eigenvalue weighted by Crippen LogP contribution is 2.41. The molecule has 0 saturated heterocycles. The highest BCUT2D eigenvalue weighted by Gasteiger charge is 2.34. The fraction of sp³-hybridized carbons (Fsp3) is 0.259. The van der Waals surface area contributed by atoms with Crippen molar-refractivity contribution in [3.05, 3.63) is 89.0 Å². The average molecular weight is 496 g/mol. The number of ether oxygens (including phenoxy) is 2. The van der Waals surface area contributed by atoms with Crippen LogP contribution in [0.5, 0.6) is 11.5 Å². The van der Waals surface area contributed by atoms with Crippen molar-refractivity contribution < 1.29 is 27.8 Å². The second-order valence-electron chi connectivity index (χ2n) is 8.44. The number of anilines is 1. The molecule has 1 unspecified atom stereocenters. The Morgan fingerprint density at radius 3 is 2.33 bits per heavy atom. The van der Waals surface area contributed by atoms with Crippen LogP contribution in [0.3, 0.4) is 0 Å². The van der Waals surface area contributed by atoms with Crippen LogP contribution >= 0.6 is 0 Å². The highest BCUT2D eigenvalue weighted by atomic mass is 19.1. The minimum atomic E-state index is -0.947. The Balaban J connectivity index is 1.62. The number of fused-ring (bicyclic) bond motifs is 1. The van der Waals surface area contributed by atoms with Gasteiger partial charge in [0.05, 0.1) is 25.9 Å². The number of hydrogen-bond acceptors (Lipinski definition) is 4. The maximum absolute atomic E-state index is 13.9. The van der Waals surface area contributed by atoms with Gasteiger partial charge in [0.1, 0.15) is 17.7 Å². The Morgan fingerprint density at radius 1 is 1.00 bits per heavy atom. The summed E-state index contributed by atoms with van der Waals surface area (Å²) in [7, 11) is 3.08. The van der Waals surface area contributed by atoms with Gasteiger partial charge in [0.15, 0.2) is 11.5 Å². The van der Waals surface area contributed by atoms with Crippen LogP contribution in [0, 0.1) is 11.6 Å². The summed E-state index contributed by atoms with van der Waals surface area (Å²) in [4.78, 5) is 27.6. The van der Waals surface area contributed by atoms with Gasteiger partial charge >= 0.3 is 6.03 Å². The number of amides is 3. The molecule has 0 aliphatic carbocycles. The molecule has 7 nitrogen and oxygen atoms in total. The summed E-state index contributed by atoms with van der Waals surface area (Å²) in [5, 5.41) is 5.20. The van der Waals surface area contributed by atoms with Crippen molar-refractivity contribution >= 4 is 17.6 Å². The van der Waals surface area contributed by atoms with Crippen LogP contribution in [0.4, 0.5) is 19.3 Å². The van der Waals surface area contributed by atoms with Gasteiger partial charge in [0.2, 0.25) is 5.91 Å². The molecule has 2 N–H and O–H groups in total. The van der Waals surface area contributed by atoms with E-state index < -0.39 is 35.7 Å². The molecule has 2 atom stereocenters. The first-order valence-electron chi connectivity index (χ1n) is 11.4. The molecule has 3 aromatic rings. The third-order valence-corrected chi connectivity index (χ3v) is 6.19. The quantitative estimate of drug-likeness (QED) is 0.521. The van der Waals surface area contributed by atoms with Crippen molar-refractivity contribution in [1.82, 2.24) is 10.2 Å². The summed E-state index contributed by atoms with van der Waals surface area (Å²) in [6.45, 7) is 1.87. The predicted octanol–water partition coefficient (Wildman–Crippen LogP) is 4.67. The molecule has 1 heterocycles. The lowest BCUT2D eigenvalue weighted by Gasteiger charge is -2.38. The van der Waals surface area contributed by atoms with Crippen LogP contribution in [-0.2, 0) is 11.2 Å². The lowest BCUT2D eigenvalue weighted by atomic mass is 9.88. The van der Waals surface area contributed by atoms with E-state index in [1.165, 1.54) is 44.4 Å². The summed E-state index contributed by atoms with van der Waals surface area (Å²) in [6, 6.07) is 13.4. The van der Waals surface area contributed by atoms with Crippen molar-refractivity contribution in [2.75, 3.05) is 26.1 Å². The minimum Gasteiger partial charge on any atom is -0.493 e. The molecule has 188 valence electrons. The van der Waals surface area contributed by atoms with Crippen molar-refractivity contribution in [2.24, 2.45) is 0 Å². The monoisotopic (exact) mass is 495 g/mol. The molecular formula is C27H27F2N3O4. The van der Waals surface area contributed by atoms with Gasteiger partial charge in [-0.25, -0.2) is 13.6 Å². The molecule has 9 heteroatoms. The average Bonchev–Trinajstić information content (AvgIpc) is 2.88. The highest BCUT2D eigenvalue weighted by molar-refractivity contribution is 5.96. The molecule has 0 fully saturated rings. The fourth-order valence-electron chi connectivity index (χ4n) is 4.31. The zero-order valence-corrected chi connectivity index (χ0v) is 20.2. The minimum absolute atomic E-state index is 0.0285. The van der Waals surface area contributed by atoms with Crippen LogP contribution < -0.4 is 20.1 Å². The van der Waals surface area contributed by atoms with E-state index in [9.17, 15) is 18.4 Å². The summed E-state index contributed by atoms with van der Waals surface area (Å²) in [6.07, 6.45) is 0.538. The maximum Gasteiger partial charge on any atom is 0.318 e. The first kappa shape index (κ1) is 25.0. The largest absolute Gasteiger partial charge is 0.493 e. The Bertz CT molecular complexity index is 1270. The number of nitrogens with zero attached hydrogens (tertiary/aromatic N) is 1. The molecule has 0 radical (unpaired) electrons. The van der Waals surface area contributed by atoms with E-state index >= 15 is 0 Å². The standard InChI is InChI=1S/C27H27F2N3O4/c1-16(26(33)31-22-7-5-4-6-21(22)29)30-27(34)32-13-12-18-14-23(35-2)24(36-3)15-20(18)25(32)17-8-10-19(28)11-9-17/h4-11,14-16,25H,12-13H2,1-3H3,(H,30,34)(H,31,33)/t16-,25?/m1/s1. The van der Waals surface area contributed by atoms with Crippen LogP contribution in [0.15, 0.2) is 60.7 Å². The van der Waals surface area contributed by atoms with Gasteiger partial charge in [-0.05, 0) is 66.4 Å². The van der Waals surface area contributed by atoms with Gasteiger partial charge in [0.25, 0.3) is 0 Å². The fourth-order valence-corrected chi connectivity index (χ4v) is 4.31. The van der Waals surface area contributed by atoms with Gasteiger partial charge in [0, 0.05) is 6.54 Å². The van der Waals surface area contributed by atoms with E-state index in [0.717, 1.165) is 11.1 Å². The number of carbonyl (C=O) groups excluding carboxylic acids is 2. The predicted molar refractivity (Wildman–Crippen MR) is 131 cm³/mol. The summed E-state index contributed by atoms with van der Waals surface area (Å²) >= 11 is 0. The number of rotatable bonds is 6. The van der Waals surface area contributed by atoms with E-state index in [-0.39, 0.29) is 5.69 Å². The van der Waals surface area contributed by atoms with Crippen molar-refractivity contribution in [3.63, 3.8) is 0 Å².